The Kier molecular flexibility index (Phi) is 11.4. The van der Waals surface area contributed by atoms with Gasteiger partial charge in [-0.25, -0.2) is 8.42 Å². The van der Waals surface area contributed by atoms with Crippen molar-refractivity contribution in [3.8, 4) is 0 Å². The van der Waals surface area contributed by atoms with Crippen LogP contribution in [0.25, 0.3) is 0 Å². The average molecular weight is 653 g/mol. The lowest BCUT2D eigenvalue weighted by Crippen LogP contribution is -2.53. The van der Waals surface area contributed by atoms with Crippen molar-refractivity contribution >= 4 is 50.7 Å². The minimum Gasteiger partial charge on any atom is -0.354 e. The van der Waals surface area contributed by atoms with Gasteiger partial charge in [-0.3, -0.25) is 13.9 Å². The van der Waals surface area contributed by atoms with Crippen LogP contribution in [0.15, 0.2) is 108 Å². The number of anilines is 1. The summed E-state index contributed by atoms with van der Waals surface area (Å²) in [6.07, 6.45) is 0.953. The molecule has 0 saturated heterocycles. The van der Waals surface area contributed by atoms with Gasteiger partial charge in [-0.1, -0.05) is 90.8 Å². The van der Waals surface area contributed by atoms with E-state index in [2.05, 4.69) is 5.32 Å². The van der Waals surface area contributed by atoms with Crippen molar-refractivity contribution in [1.82, 2.24) is 10.2 Å². The van der Waals surface area contributed by atoms with Gasteiger partial charge in [0.1, 0.15) is 12.6 Å². The van der Waals surface area contributed by atoms with E-state index < -0.39 is 28.5 Å². The molecule has 44 heavy (non-hydrogen) atoms. The molecule has 0 aliphatic carbocycles. The molecule has 0 bridgehead atoms. The van der Waals surface area contributed by atoms with E-state index in [1.54, 1.807) is 67.6 Å². The maximum absolute atomic E-state index is 14.5. The number of nitrogens with one attached hydrogen (secondary N) is 1. The summed E-state index contributed by atoms with van der Waals surface area (Å²) in [5.74, 6) is -0.862. The van der Waals surface area contributed by atoms with E-state index in [0.717, 1.165) is 15.4 Å². The van der Waals surface area contributed by atoms with Gasteiger partial charge in [-0.15, -0.1) is 0 Å². The number of halogens is 2. The van der Waals surface area contributed by atoms with Crippen molar-refractivity contribution in [2.45, 2.75) is 44.2 Å². The first-order chi connectivity index (χ1) is 21.1. The first kappa shape index (κ1) is 33.1. The SMILES string of the molecule is CCCNC(=O)[C@H](Cc1ccccc1)N(Cc1ccc(Cl)cc1)C(=O)CN(c1ccc(Cl)cc1C)S(=O)(=O)c1ccccc1. The second-order valence-electron chi connectivity index (χ2n) is 10.4. The zero-order valence-electron chi connectivity index (χ0n) is 24.6. The molecule has 0 radical (unpaired) electrons. The van der Waals surface area contributed by atoms with Crippen LogP contribution in [0.3, 0.4) is 0 Å². The summed E-state index contributed by atoms with van der Waals surface area (Å²) < 4.78 is 29.3. The Labute approximate surface area is 269 Å². The maximum Gasteiger partial charge on any atom is 0.264 e. The first-order valence-electron chi connectivity index (χ1n) is 14.3. The third-order valence-electron chi connectivity index (χ3n) is 7.12. The highest BCUT2D eigenvalue weighted by Gasteiger charge is 2.35. The molecule has 4 aromatic rings. The van der Waals surface area contributed by atoms with Crippen molar-refractivity contribution in [2.75, 3.05) is 17.4 Å². The van der Waals surface area contributed by atoms with Gasteiger partial charge in [-0.2, -0.15) is 0 Å². The lowest BCUT2D eigenvalue weighted by Gasteiger charge is -2.34. The fraction of sp³-hybridized carbons (Fsp3) is 0.235. The van der Waals surface area contributed by atoms with E-state index in [9.17, 15) is 18.0 Å². The Morgan fingerprint density at radius 1 is 0.818 bits per heavy atom. The lowest BCUT2D eigenvalue weighted by atomic mass is 10.0. The summed E-state index contributed by atoms with van der Waals surface area (Å²) in [5.41, 5.74) is 2.49. The predicted octanol–water partition coefficient (Wildman–Crippen LogP) is 6.66. The van der Waals surface area contributed by atoms with E-state index >= 15 is 0 Å². The molecule has 0 aliphatic rings. The number of rotatable bonds is 13. The van der Waals surface area contributed by atoms with E-state index in [1.165, 1.54) is 17.0 Å². The van der Waals surface area contributed by atoms with E-state index in [1.807, 2.05) is 37.3 Å². The Balaban J connectivity index is 1.81. The van der Waals surface area contributed by atoms with Gasteiger partial charge >= 0.3 is 0 Å². The molecule has 2 amide bonds. The molecule has 230 valence electrons. The van der Waals surface area contributed by atoms with Crippen molar-refractivity contribution < 1.29 is 18.0 Å². The van der Waals surface area contributed by atoms with Gasteiger partial charge in [0, 0.05) is 29.6 Å². The van der Waals surface area contributed by atoms with E-state index in [0.29, 0.717) is 34.3 Å². The molecule has 4 rings (SSSR count). The molecule has 0 saturated carbocycles. The molecular formula is C34H35Cl2N3O4S. The van der Waals surface area contributed by atoms with Gasteiger partial charge in [0.25, 0.3) is 10.0 Å². The Hall–Kier alpha value is -3.85. The third kappa shape index (κ3) is 8.40. The number of hydrogen-bond donors (Lipinski definition) is 1. The number of hydrogen-bond acceptors (Lipinski definition) is 4. The van der Waals surface area contributed by atoms with Crippen LogP contribution in [0.5, 0.6) is 0 Å². The number of aryl methyl sites for hydroxylation is 1. The molecule has 10 heteroatoms. The number of nitrogens with zero attached hydrogens (tertiary/aromatic N) is 2. The molecular weight excluding hydrogens is 617 g/mol. The molecule has 4 aromatic carbocycles. The van der Waals surface area contributed by atoms with Gasteiger partial charge < -0.3 is 10.2 Å². The molecule has 0 heterocycles. The van der Waals surface area contributed by atoms with Crippen LogP contribution in [-0.2, 0) is 32.6 Å². The summed E-state index contributed by atoms with van der Waals surface area (Å²) in [4.78, 5) is 29.6. The fourth-order valence-corrected chi connectivity index (χ4v) is 6.69. The standard InChI is InChI=1S/C34H35Cl2N3O4S/c1-3-20-37-34(41)32(22-26-10-6-4-7-11-26)38(23-27-14-16-28(35)17-15-27)33(40)24-39(31-19-18-29(36)21-25(31)2)44(42,43)30-12-8-5-9-13-30/h4-19,21,32H,3,20,22-24H2,1-2H3,(H,37,41)/t32-/m0/s1. The predicted molar refractivity (Wildman–Crippen MR) is 176 cm³/mol. The van der Waals surface area contributed by atoms with Gasteiger partial charge in [-0.05, 0) is 72.5 Å². The quantitative estimate of drug-likeness (QED) is 0.175. The molecule has 1 atom stereocenters. The highest BCUT2D eigenvalue weighted by atomic mass is 35.5. The summed E-state index contributed by atoms with van der Waals surface area (Å²) in [6.45, 7) is 3.64. The average Bonchev–Trinajstić information content (AvgIpc) is 3.02. The molecule has 0 unspecified atom stereocenters. The van der Waals surface area contributed by atoms with Crippen LogP contribution in [-0.4, -0.2) is 44.3 Å². The van der Waals surface area contributed by atoms with Crippen molar-refractivity contribution in [3.63, 3.8) is 0 Å². The summed E-state index contributed by atoms with van der Waals surface area (Å²) in [7, 11) is -4.19. The minimum absolute atomic E-state index is 0.0351. The van der Waals surface area contributed by atoms with Crippen molar-refractivity contribution in [3.05, 3.63) is 130 Å². The zero-order chi connectivity index (χ0) is 31.7. The number of carbonyl (C=O) groups is 2. The van der Waals surface area contributed by atoms with Crippen LogP contribution in [0.2, 0.25) is 10.0 Å². The first-order valence-corrected chi connectivity index (χ1v) is 16.5. The van der Waals surface area contributed by atoms with E-state index in [-0.39, 0.29) is 23.8 Å². The Morgan fingerprint density at radius 3 is 2.05 bits per heavy atom. The van der Waals surface area contributed by atoms with Crippen molar-refractivity contribution in [2.24, 2.45) is 0 Å². The van der Waals surface area contributed by atoms with Gasteiger partial charge in [0.05, 0.1) is 10.6 Å². The normalized spacial score (nSPS) is 11.9. The third-order valence-corrected chi connectivity index (χ3v) is 9.39. The van der Waals surface area contributed by atoms with Crippen LogP contribution in [0, 0.1) is 6.92 Å². The number of carbonyl (C=O) groups excluding carboxylic acids is 2. The molecule has 0 aliphatic heterocycles. The van der Waals surface area contributed by atoms with Crippen LogP contribution in [0.1, 0.15) is 30.0 Å². The van der Waals surface area contributed by atoms with Crippen molar-refractivity contribution in [1.29, 1.82) is 0 Å². The summed E-state index contributed by atoms with van der Waals surface area (Å²) in [6, 6.07) is 28.3. The molecule has 7 nitrogen and oxygen atoms in total. The topological polar surface area (TPSA) is 86.8 Å². The fourth-order valence-electron chi connectivity index (χ4n) is 4.84. The Bertz CT molecular complexity index is 1670. The molecule has 1 N–H and O–H groups in total. The minimum atomic E-state index is -4.19. The second-order valence-corrected chi connectivity index (χ2v) is 13.1. The van der Waals surface area contributed by atoms with E-state index in [4.69, 9.17) is 23.2 Å². The number of sulfonamides is 1. The monoisotopic (exact) mass is 651 g/mol. The Morgan fingerprint density at radius 2 is 1.43 bits per heavy atom. The summed E-state index contributed by atoms with van der Waals surface area (Å²) in [5, 5.41) is 3.91. The molecule has 0 spiro atoms. The smallest absolute Gasteiger partial charge is 0.264 e. The van der Waals surface area contributed by atoms with Crippen LogP contribution >= 0.6 is 23.2 Å². The highest BCUT2D eigenvalue weighted by molar-refractivity contribution is 7.92. The summed E-state index contributed by atoms with van der Waals surface area (Å²) >= 11 is 12.3. The van der Waals surface area contributed by atoms with Gasteiger partial charge in [0.2, 0.25) is 11.8 Å². The largest absolute Gasteiger partial charge is 0.354 e. The molecule has 0 fully saturated rings. The number of benzene rings is 4. The maximum atomic E-state index is 14.5. The highest BCUT2D eigenvalue weighted by Crippen LogP contribution is 2.29. The number of amides is 2. The lowest BCUT2D eigenvalue weighted by molar-refractivity contribution is -0.140. The van der Waals surface area contributed by atoms with Gasteiger partial charge in [0.15, 0.2) is 0 Å². The van der Waals surface area contributed by atoms with Crippen LogP contribution < -0.4 is 9.62 Å². The zero-order valence-corrected chi connectivity index (χ0v) is 26.9. The van der Waals surface area contributed by atoms with Crippen LogP contribution in [0.4, 0.5) is 5.69 Å². The molecule has 0 aromatic heterocycles. The second kappa shape index (κ2) is 15.2.